The molecule has 1 nitrogen and oxygen atoms in total. The molecule has 0 bridgehead atoms. The predicted molar refractivity (Wildman–Crippen MR) is 51.1 cm³/mol. The monoisotopic (exact) mass is 236 g/mol. The second-order valence-electron chi connectivity index (χ2n) is 3.05. The van der Waals surface area contributed by atoms with Crippen molar-refractivity contribution in [2.45, 2.75) is 19.0 Å². The van der Waals surface area contributed by atoms with Gasteiger partial charge in [-0.05, 0) is 24.3 Å². The van der Waals surface area contributed by atoms with Crippen LogP contribution in [0, 0.1) is 0 Å². The lowest BCUT2D eigenvalue weighted by Crippen LogP contribution is -2.10. The predicted octanol–water partition coefficient (Wildman–Crippen LogP) is 3.87. The Bertz CT molecular complexity index is 343. The molecule has 82 valence electrons. The lowest BCUT2D eigenvalue weighted by molar-refractivity contribution is -0.133. The first-order valence-electron chi connectivity index (χ1n) is 4.24. The quantitative estimate of drug-likeness (QED) is 0.728. The van der Waals surface area contributed by atoms with Crippen molar-refractivity contribution in [2.75, 3.05) is 0 Å². The number of Topliss-reactive ketones (excluding diaryl/α,β-unsaturated/α-hetero) is 1. The third-order valence-corrected chi connectivity index (χ3v) is 2.05. The average molecular weight is 237 g/mol. The number of ketones is 1. The molecule has 5 heteroatoms. The van der Waals surface area contributed by atoms with E-state index in [1.54, 1.807) is 0 Å². The highest BCUT2D eigenvalue weighted by Crippen LogP contribution is 2.22. The Balaban J connectivity index is 2.58. The van der Waals surface area contributed by atoms with E-state index < -0.39 is 24.8 Å². The van der Waals surface area contributed by atoms with E-state index in [9.17, 15) is 18.0 Å². The van der Waals surface area contributed by atoms with Crippen LogP contribution in [0.4, 0.5) is 13.2 Å². The van der Waals surface area contributed by atoms with E-state index >= 15 is 0 Å². The SMILES string of the molecule is O=C(CCC(F)(F)F)c1ccc(Cl)cc1. The minimum atomic E-state index is -4.29. The van der Waals surface area contributed by atoms with Gasteiger partial charge in [-0.2, -0.15) is 13.2 Å². The van der Waals surface area contributed by atoms with Gasteiger partial charge in [0.15, 0.2) is 5.78 Å². The number of alkyl halides is 3. The van der Waals surface area contributed by atoms with Crippen LogP contribution in [-0.4, -0.2) is 12.0 Å². The molecule has 0 fully saturated rings. The number of hydrogen-bond donors (Lipinski definition) is 0. The average Bonchev–Trinajstić information content (AvgIpc) is 2.14. The van der Waals surface area contributed by atoms with E-state index in [0.717, 1.165) is 0 Å². The Morgan fingerprint density at radius 1 is 1.20 bits per heavy atom. The standard InChI is InChI=1S/C10H8ClF3O/c11-8-3-1-7(2-4-8)9(15)5-6-10(12,13)14/h1-4H,5-6H2. The van der Waals surface area contributed by atoms with Gasteiger partial charge in [0.25, 0.3) is 0 Å². The number of carbonyl (C=O) groups is 1. The zero-order valence-electron chi connectivity index (χ0n) is 7.64. The molecule has 0 heterocycles. The maximum Gasteiger partial charge on any atom is 0.389 e. The Morgan fingerprint density at radius 3 is 2.20 bits per heavy atom. The second-order valence-corrected chi connectivity index (χ2v) is 3.48. The molecule has 1 aromatic carbocycles. The topological polar surface area (TPSA) is 17.1 Å². The Hall–Kier alpha value is -1.03. The molecule has 0 spiro atoms. The summed E-state index contributed by atoms with van der Waals surface area (Å²) < 4.78 is 35.5. The molecule has 0 amide bonds. The Labute approximate surface area is 89.9 Å². The van der Waals surface area contributed by atoms with Crippen molar-refractivity contribution < 1.29 is 18.0 Å². The number of halogens is 4. The van der Waals surface area contributed by atoms with Crippen molar-refractivity contribution in [2.24, 2.45) is 0 Å². The molecular weight excluding hydrogens is 229 g/mol. The summed E-state index contributed by atoms with van der Waals surface area (Å²) in [4.78, 5) is 11.3. The summed E-state index contributed by atoms with van der Waals surface area (Å²) in [6.45, 7) is 0. The van der Waals surface area contributed by atoms with Crippen LogP contribution in [0.1, 0.15) is 23.2 Å². The summed E-state index contributed by atoms with van der Waals surface area (Å²) >= 11 is 5.57. The van der Waals surface area contributed by atoms with Gasteiger partial charge in [0, 0.05) is 17.0 Å². The van der Waals surface area contributed by atoms with Crippen molar-refractivity contribution in [3.63, 3.8) is 0 Å². The number of rotatable bonds is 3. The van der Waals surface area contributed by atoms with Crippen molar-refractivity contribution in [3.05, 3.63) is 34.9 Å². The van der Waals surface area contributed by atoms with Crippen molar-refractivity contribution >= 4 is 17.4 Å². The fourth-order valence-electron chi connectivity index (χ4n) is 1.04. The number of hydrogen-bond acceptors (Lipinski definition) is 1. The van der Waals surface area contributed by atoms with Gasteiger partial charge >= 0.3 is 6.18 Å². The van der Waals surface area contributed by atoms with E-state index in [1.807, 2.05) is 0 Å². The third-order valence-electron chi connectivity index (χ3n) is 1.80. The van der Waals surface area contributed by atoms with Crippen LogP contribution in [0.5, 0.6) is 0 Å². The van der Waals surface area contributed by atoms with Crippen molar-refractivity contribution in [1.29, 1.82) is 0 Å². The van der Waals surface area contributed by atoms with Crippen LogP contribution in [0.25, 0.3) is 0 Å². The second kappa shape index (κ2) is 4.66. The first kappa shape index (κ1) is 12.0. The molecule has 0 atom stereocenters. The first-order valence-corrected chi connectivity index (χ1v) is 4.62. The molecule has 0 aliphatic heterocycles. The molecular formula is C10H8ClF3O. The highest BCUT2D eigenvalue weighted by molar-refractivity contribution is 6.30. The fraction of sp³-hybridized carbons (Fsp3) is 0.300. The third kappa shape index (κ3) is 4.34. The number of carbonyl (C=O) groups excluding carboxylic acids is 1. The van der Waals surface area contributed by atoms with Crippen molar-refractivity contribution in [1.82, 2.24) is 0 Å². The van der Waals surface area contributed by atoms with Gasteiger partial charge in [0.2, 0.25) is 0 Å². The van der Waals surface area contributed by atoms with Crippen molar-refractivity contribution in [3.8, 4) is 0 Å². The molecule has 1 rings (SSSR count). The van der Waals surface area contributed by atoms with Crippen LogP contribution >= 0.6 is 11.6 Å². The Kier molecular flexibility index (Phi) is 3.74. The summed E-state index contributed by atoms with van der Waals surface area (Å²) in [5, 5.41) is 0.447. The van der Waals surface area contributed by atoms with Crippen LogP contribution < -0.4 is 0 Å². The van der Waals surface area contributed by atoms with Gasteiger partial charge in [-0.15, -0.1) is 0 Å². The maximum absolute atomic E-state index is 11.8. The summed E-state index contributed by atoms with van der Waals surface area (Å²) in [6.07, 6.45) is -5.90. The molecule has 0 N–H and O–H groups in total. The minimum absolute atomic E-state index is 0.253. The zero-order chi connectivity index (χ0) is 11.5. The molecule has 0 saturated carbocycles. The van der Waals surface area contributed by atoms with E-state index in [2.05, 4.69) is 0 Å². The van der Waals surface area contributed by atoms with Gasteiger partial charge in [-0.1, -0.05) is 11.6 Å². The van der Waals surface area contributed by atoms with E-state index in [-0.39, 0.29) is 5.56 Å². The largest absolute Gasteiger partial charge is 0.389 e. The minimum Gasteiger partial charge on any atom is -0.294 e. The van der Waals surface area contributed by atoms with E-state index in [1.165, 1.54) is 24.3 Å². The Morgan fingerprint density at radius 2 is 1.73 bits per heavy atom. The van der Waals surface area contributed by atoms with E-state index in [0.29, 0.717) is 5.02 Å². The summed E-state index contributed by atoms with van der Waals surface area (Å²) in [6, 6.07) is 5.78. The van der Waals surface area contributed by atoms with Crippen LogP contribution in [0.15, 0.2) is 24.3 Å². The van der Waals surface area contributed by atoms with Crippen LogP contribution in [0.3, 0.4) is 0 Å². The summed E-state index contributed by atoms with van der Waals surface area (Å²) in [5.41, 5.74) is 0.253. The molecule has 0 radical (unpaired) electrons. The van der Waals surface area contributed by atoms with Crippen LogP contribution in [0.2, 0.25) is 5.02 Å². The molecule has 0 aromatic heterocycles. The van der Waals surface area contributed by atoms with Gasteiger partial charge in [0.1, 0.15) is 0 Å². The zero-order valence-corrected chi connectivity index (χ0v) is 8.40. The van der Waals surface area contributed by atoms with Crippen LogP contribution in [-0.2, 0) is 0 Å². The van der Waals surface area contributed by atoms with Gasteiger partial charge in [-0.25, -0.2) is 0 Å². The highest BCUT2D eigenvalue weighted by atomic mass is 35.5. The molecule has 0 aliphatic carbocycles. The molecule has 1 aromatic rings. The summed E-state index contributed by atoms with van der Waals surface area (Å²) in [5.74, 6) is -0.524. The summed E-state index contributed by atoms with van der Waals surface area (Å²) in [7, 11) is 0. The highest BCUT2D eigenvalue weighted by Gasteiger charge is 2.27. The van der Waals surface area contributed by atoms with Gasteiger partial charge in [0.05, 0.1) is 6.42 Å². The first-order chi connectivity index (χ1) is 6.88. The lowest BCUT2D eigenvalue weighted by atomic mass is 10.1. The fourth-order valence-corrected chi connectivity index (χ4v) is 1.16. The normalized spacial score (nSPS) is 11.5. The van der Waals surface area contributed by atoms with Gasteiger partial charge in [-0.3, -0.25) is 4.79 Å². The maximum atomic E-state index is 11.8. The molecule has 0 aliphatic rings. The van der Waals surface area contributed by atoms with Gasteiger partial charge < -0.3 is 0 Å². The molecule has 0 unspecified atom stereocenters. The molecule has 15 heavy (non-hydrogen) atoms. The lowest BCUT2D eigenvalue weighted by Gasteiger charge is -2.05. The number of benzene rings is 1. The molecule has 0 saturated heterocycles. The van der Waals surface area contributed by atoms with E-state index in [4.69, 9.17) is 11.6 Å². The smallest absolute Gasteiger partial charge is 0.294 e.